The fourth-order valence-corrected chi connectivity index (χ4v) is 4.13. The third-order valence-corrected chi connectivity index (χ3v) is 5.80. The predicted octanol–water partition coefficient (Wildman–Crippen LogP) is 4.49. The molecule has 0 amide bonds. The third-order valence-electron chi connectivity index (χ3n) is 5.80. The van der Waals surface area contributed by atoms with Crippen LogP contribution in [0.1, 0.15) is 64.4 Å². The molecule has 0 radical (unpaired) electrons. The first-order valence-corrected chi connectivity index (χ1v) is 8.87. The first-order valence-electron chi connectivity index (χ1n) is 8.87. The average Bonchev–Trinajstić information content (AvgIpc) is 2.74. The van der Waals surface area contributed by atoms with E-state index in [9.17, 15) is 0 Å². The lowest BCUT2D eigenvalue weighted by molar-refractivity contribution is 0.290. The molecular weight excluding hydrogens is 256 g/mol. The molecule has 1 aromatic carbocycles. The molecular formula is C19H30N2. The third kappa shape index (κ3) is 2.96. The van der Waals surface area contributed by atoms with Gasteiger partial charge in [0.25, 0.3) is 0 Å². The van der Waals surface area contributed by atoms with E-state index < -0.39 is 0 Å². The van der Waals surface area contributed by atoms with E-state index in [4.69, 9.17) is 0 Å². The molecule has 0 bridgehead atoms. The van der Waals surface area contributed by atoms with Gasteiger partial charge < -0.3 is 10.2 Å². The van der Waals surface area contributed by atoms with E-state index in [1.165, 1.54) is 62.7 Å². The van der Waals surface area contributed by atoms with Crippen molar-refractivity contribution in [2.45, 2.75) is 76.9 Å². The fraction of sp³-hybridized carbons (Fsp3) is 0.684. The van der Waals surface area contributed by atoms with Crippen LogP contribution < -0.4 is 10.2 Å². The van der Waals surface area contributed by atoms with Crippen molar-refractivity contribution in [1.82, 2.24) is 5.32 Å². The van der Waals surface area contributed by atoms with Gasteiger partial charge >= 0.3 is 0 Å². The SMILES string of the molecule is CCC1(CC)CN(C2CCCCC2)c2ccccc2CN1. The maximum Gasteiger partial charge on any atom is 0.0414 e. The second kappa shape index (κ2) is 6.39. The van der Waals surface area contributed by atoms with Crippen molar-refractivity contribution in [1.29, 1.82) is 0 Å². The van der Waals surface area contributed by atoms with Crippen LogP contribution in [0.15, 0.2) is 24.3 Å². The van der Waals surface area contributed by atoms with Gasteiger partial charge in [-0.15, -0.1) is 0 Å². The molecule has 0 atom stereocenters. The lowest BCUT2D eigenvalue weighted by atomic mass is 9.89. The van der Waals surface area contributed by atoms with Crippen LogP contribution in [-0.4, -0.2) is 18.1 Å². The van der Waals surface area contributed by atoms with Crippen molar-refractivity contribution in [3.05, 3.63) is 29.8 Å². The number of hydrogen-bond acceptors (Lipinski definition) is 2. The van der Waals surface area contributed by atoms with Gasteiger partial charge in [0, 0.05) is 30.4 Å². The smallest absolute Gasteiger partial charge is 0.0414 e. The van der Waals surface area contributed by atoms with E-state index in [0.29, 0.717) is 0 Å². The fourth-order valence-electron chi connectivity index (χ4n) is 4.13. The van der Waals surface area contributed by atoms with E-state index >= 15 is 0 Å². The summed E-state index contributed by atoms with van der Waals surface area (Å²) in [6.07, 6.45) is 9.40. The second-order valence-electron chi connectivity index (χ2n) is 6.89. The summed E-state index contributed by atoms with van der Waals surface area (Å²) in [5.41, 5.74) is 3.24. The van der Waals surface area contributed by atoms with Gasteiger partial charge in [-0.3, -0.25) is 0 Å². The topological polar surface area (TPSA) is 15.3 Å². The summed E-state index contributed by atoms with van der Waals surface area (Å²) < 4.78 is 0. The number of benzene rings is 1. The highest BCUT2D eigenvalue weighted by Gasteiger charge is 2.35. The molecule has 2 aliphatic rings. The molecule has 0 aromatic heterocycles. The van der Waals surface area contributed by atoms with Crippen LogP contribution in [0.4, 0.5) is 5.69 Å². The average molecular weight is 286 g/mol. The van der Waals surface area contributed by atoms with Gasteiger partial charge in [0.1, 0.15) is 0 Å². The first-order chi connectivity index (χ1) is 10.3. The molecule has 2 heteroatoms. The Balaban J connectivity index is 1.95. The molecule has 1 fully saturated rings. The van der Waals surface area contributed by atoms with Crippen molar-refractivity contribution in [3.63, 3.8) is 0 Å². The quantitative estimate of drug-likeness (QED) is 0.881. The normalized spacial score (nSPS) is 22.7. The molecule has 1 aliphatic heterocycles. The highest BCUT2D eigenvalue weighted by molar-refractivity contribution is 5.56. The summed E-state index contributed by atoms with van der Waals surface area (Å²) in [6.45, 7) is 6.86. The van der Waals surface area contributed by atoms with Crippen LogP contribution >= 0.6 is 0 Å². The van der Waals surface area contributed by atoms with Gasteiger partial charge in [-0.1, -0.05) is 51.3 Å². The molecule has 116 valence electrons. The van der Waals surface area contributed by atoms with Gasteiger partial charge in [-0.2, -0.15) is 0 Å². The van der Waals surface area contributed by atoms with Gasteiger partial charge in [-0.25, -0.2) is 0 Å². The Morgan fingerprint density at radius 3 is 2.52 bits per heavy atom. The van der Waals surface area contributed by atoms with Crippen LogP contribution in [-0.2, 0) is 6.54 Å². The minimum Gasteiger partial charge on any atom is -0.366 e. The minimum atomic E-state index is 0.274. The number of rotatable bonds is 3. The van der Waals surface area contributed by atoms with Gasteiger partial charge in [0.05, 0.1) is 0 Å². The van der Waals surface area contributed by atoms with Crippen LogP contribution in [0.5, 0.6) is 0 Å². The van der Waals surface area contributed by atoms with Crippen molar-refractivity contribution < 1.29 is 0 Å². The van der Waals surface area contributed by atoms with Crippen molar-refractivity contribution in [3.8, 4) is 0 Å². The maximum atomic E-state index is 3.88. The second-order valence-corrected chi connectivity index (χ2v) is 6.89. The molecule has 3 rings (SSSR count). The largest absolute Gasteiger partial charge is 0.366 e. The summed E-state index contributed by atoms with van der Waals surface area (Å²) >= 11 is 0. The van der Waals surface area contributed by atoms with Gasteiger partial charge in [0.2, 0.25) is 0 Å². The van der Waals surface area contributed by atoms with E-state index in [0.717, 1.165) is 12.6 Å². The van der Waals surface area contributed by atoms with Crippen LogP contribution in [0.25, 0.3) is 0 Å². The van der Waals surface area contributed by atoms with Crippen molar-refractivity contribution in [2.24, 2.45) is 0 Å². The summed E-state index contributed by atoms with van der Waals surface area (Å²) in [6, 6.07) is 9.79. The van der Waals surface area contributed by atoms with Crippen molar-refractivity contribution in [2.75, 3.05) is 11.4 Å². The summed E-state index contributed by atoms with van der Waals surface area (Å²) in [5.74, 6) is 0. The molecule has 2 nitrogen and oxygen atoms in total. The van der Waals surface area contributed by atoms with Crippen molar-refractivity contribution >= 4 is 5.69 Å². The maximum absolute atomic E-state index is 3.88. The highest BCUT2D eigenvalue weighted by Crippen LogP contribution is 2.34. The number of anilines is 1. The molecule has 1 heterocycles. The van der Waals surface area contributed by atoms with E-state index in [1.54, 1.807) is 0 Å². The molecule has 0 unspecified atom stereocenters. The lowest BCUT2D eigenvalue weighted by Crippen LogP contribution is -2.53. The molecule has 1 saturated carbocycles. The molecule has 1 aromatic rings. The van der Waals surface area contributed by atoms with Crippen LogP contribution in [0, 0.1) is 0 Å². The number of fused-ring (bicyclic) bond motifs is 1. The van der Waals surface area contributed by atoms with E-state index in [2.05, 4.69) is 48.3 Å². The van der Waals surface area contributed by atoms with Crippen LogP contribution in [0.3, 0.4) is 0 Å². The molecule has 1 aliphatic carbocycles. The highest BCUT2D eigenvalue weighted by atomic mass is 15.2. The number of nitrogens with one attached hydrogen (secondary N) is 1. The summed E-state index contributed by atoms with van der Waals surface area (Å²) in [4.78, 5) is 2.75. The number of para-hydroxylation sites is 1. The van der Waals surface area contributed by atoms with E-state index in [-0.39, 0.29) is 5.54 Å². The molecule has 21 heavy (non-hydrogen) atoms. The molecule has 1 N–H and O–H groups in total. The first kappa shape index (κ1) is 14.9. The monoisotopic (exact) mass is 286 g/mol. The Morgan fingerprint density at radius 2 is 1.81 bits per heavy atom. The minimum absolute atomic E-state index is 0.274. The standard InChI is InChI=1S/C19H30N2/c1-3-19(4-2)15-21(17-11-6-5-7-12-17)18-13-9-8-10-16(18)14-20-19/h8-10,13,17,20H,3-7,11-12,14-15H2,1-2H3. The lowest BCUT2D eigenvalue weighted by Gasteiger charge is -2.42. The summed E-state index contributed by atoms with van der Waals surface area (Å²) in [7, 11) is 0. The van der Waals surface area contributed by atoms with E-state index in [1.807, 2.05) is 0 Å². The Morgan fingerprint density at radius 1 is 1.10 bits per heavy atom. The Bertz CT molecular complexity index is 458. The predicted molar refractivity (Wildman–Crippen MR) is 90.8 cm³/mol. The number of nitrogens with zero attached hydrogens (tertiary/aromatic N) is 1. The molecule has 0 spiro atoms. The Hall–Kier alpha value is -1.02. The van der Waals surface area contributed by atoms with Gasteiger partial charge in [-0.05, 0) is 37.3 Å². The number of hydrogen-bond donors (Lipinski definition) is 1. The zero-order chi connectivity index (χ0) is 14.7. The Labute approximate surface area is 129 Å². The summed E-state index contributed by atoms with van der Waals surface area (Å²) in [5, 5.41) is 3.88. The van der Waals surface area contributed by atoms with Crippen LogP contribution in [0.2, 0.25) is 0 Å². The Kier molecular flexibility index (Phi) is 4.54. The van der Waals surface area contributed by atoms with Gasteiger partial charge in [0.15, 0.2) is 0 Å². The zero-order valence-electron chi connectivity index (χ0n) is 13.7. The zero-order valence-corrected chi connectivity index (χ0v) is 13.7. The molecule has 0 saturated heterocycles.